The van der Waals surface area contributed by atoms with Crippen LogP contribution in [-0.4, -0.2) is 41.7 Å². The zero-order chi connectivity index (χ0) is 23.5. The number of hydrogen-bond acceptors (Lipinski definition) is 5. The highest BCUT2D eigenvalue weighted by atomic mass is 16.5. The van der Waals surface area contributed by atoms with E-state index in [-0.39, 0.29) is 22.9 Å². The van der Waals surface area contributed by atoms with E-state index in [0.717, 1.165) is 16.9 Å². The number of carbonyl (C=O) groups is 3. The Balaban J connectivity index is 1.74. The van der Waals surface area contributed by atoms with E-state index >= 15 is 0 Å². The second-order valence-electron chi connectivity index (χ2n) is 7.66. The van der Waals surface area contributed by atoms with Crippen LogP contribution < -0.4 is 5.32 Å². The number of aromatic nitrogens is 1. The molecule has 8 nitrogen and oxygen atoms in total. The topological polar surface area (TPSA) is 89.9 Å². The summed E-state index contributed by atoms with van der Waals surface area (Å²) in [6, 6.07) is 15.6. The van der Waals surface area contributed by atoms with Crippen LogP contribution in [0.5, 0.6) is 0 Å². The Morgan fingerprint density at radius 3 is 2.48 bits per heavy atom. The van der Waals surface area contributed by atoms with Crippen molar-refractivity contribution in [1.29, 1.82) is 0 Å². The van der Waals surface area contributed by atoms with Gasteiger partial charge in [0.25, 0.3) is 0 Å². The van der Waals surface area contributed by atoms with Crippen LogP contribution in [0.1, 0.15) is 51.4 Å². The highest BCUT2D eigenvalue weighted by Crippen LogP contribution is 2.34. The molecule has 0 saturated heterocycles. The van der Waals surface area contributed by atoms with Crippen LogP contribution in [0, 0.1) is 0 Å². The molecule has 1 aliphatic heterocycles. The molecule has 3 aromatic rings. The lowest BCUT2D eigenvalue weighted by Crippen LogP contribution is -2.37. The van der Waals surface area contributed by atoms with Crippen LogP contribution in [0.15, 0.2) is 60.8 Å². The van der Waals surface area contributed by atoms with Gasteiger partial charge in [-0.1, -0.05) is 25.1 Å². The van der Waals surface area contributed by atoms with Crippen LogP contribution in [0.25, 0.3) is 5.69 Å². The quantitative estimate of drug-likeness (QED) is 0.593. The van der Waals surface area contributed by atoms with E-state index in [9.17, 15) is 14.4 Å². The molecule has 0 aliphatic carbocycles. The number of benzene rings is 2. The van der Waals surface area contributed by atoms with Crippen molar-refractivity contribution >= 4 is 23.7 Å². The van der Waals surface area contributed by atoms with Crippen molar-refractivity contribution in [1.82, 2.24) is 9.47 Å². The Morgan fingerprint density at radius 1 is 1.00 bits per heavy atom. The minimum absolute atomic E-state index is 0.144. The van der Waals surface area contributed by atoms with Gasteiger partial charge in [-0.3, -0.25) is 0 Å². The van der Waals surface area contributed by atoms with Crippen molar-refractivity contribution in [2.45, 2.75) is 25.9 Å². The molecular weight excluding hydrogens is 422 g/mol. The molecule has 0 unspecified atom stereocenters. The number of amides is 2. The summed E-state index contributed by atoms with van der Waals surface area (Å²) in [7, 11) is 2.53. The number of fused-ring (bicyclic) bond motifs is 3. The van der Waals surface area contributed by atoms with Gasteiger partial charge < -0.3 is 24.3 Å². The maximum Gasteiger partial charge on any atom is 0.339 e. The van der Waals surface area contributed by atoms with Crippen LogP contribution in [0.3, 0.4) is 0 Å². The van der Waals surface area contributed by atoms with Gasteiger partial charge in [-0.2, -0.15) is 0 Å². The van der Waals surface area contributed by atoms with E-state index < -0.39 is 18.0 Å². The molecule has 1 aliphatic rings. The summed E-state index contributed by atoms with van der Waals surface area (Å²) < 4.78 is 11.7. The SMILES string of the molecule is CC[C@@H]1c2cccn2-c2ccccc2CN1C(=O)Nc1cc(C(=O)OC)ccc1C(=O)OC. The highest BCUT2D eigenvalue weighted by molar-refractivity contribution is 6.03. The monoisotopic (exact) mass is 447 g/mol. The van der Waals surface area contributed by atoms with Gasteiger partial charge in [0.1, 0.15) is 0 Å². The van der Waals surface area contributed by atoms with Crippen molar-refractivity contribution in [3.05, 3.63) is 83.2 Å². The summed E-state index contributed by atoms with van der Waals surface area (Å²) in [5, 5.41) is 2.83. The molecule has 2 amide bonds. The van der Waals surface area contributed by atoms with Gasteiger partial charge in [0.05, 0.1) is 49.3 Å². The van der Waals surface area contributed by atoms with Crippen LogP contribution in [-0.2, 0) is 16.0 Å². The Kier molecular flexibility index (Phi) is 6.17. The Hall–Kier alpha value is -4.07. The van der Waals surface area contributed by atoms with E-state index in [0.29, 0.717) is 13.0 Å². The fourth-order valence-corrected chi connectivity index (χ4v) is 4.23. The molecule has 4 rings (SSSR count). The molecule has 1 aromatic heterocycles. The smallest absolute Gasteiger partial charge is 0.339 e. The van der Waals surface area contributed by atoms with Crippen molar-refractivity contribution in [2.24, 2.45) is 0 Å². The van der Waals surface area contributed by atoms with Gasteiger partial charge in [-0.05, 0) is 48.4 Å². The molecule has 2 aromatic carbocycles. The first-order valence-electron chi connectivity index (χ1n) is 10.6. The predicted octanol–water partition coefficient (Wildman–Crippen LogP) is 4.55. The maximum absolute atomic E-state index is 13.6. The minimum atomic E-state index is -0.621. The largest absolute Gasteiger partial charge is 0.465 e. The van der Waals surface area contributed by atoms with Gasteiger partial charge in [0.15, 0.2) is 0 Å². The summed E-state index contributed by atoms with van der Waals surface area (Å²) in [5.41, 5.74) is 3.55. The lowest BCUT2D eigenvalue weighted by molar-refractivity contribution is 0.0587. The van der Waals surface area contributed by atoms with Gasteiger partial charge in [-0.25, -0.2) is 14.4 Å². The fraction of sp³-hybridized carbons (Fsp3) is 0.240. The third kappa shape index (κ3) is 4.07. The third-order valence-corrected chi connectivity index (χ3v) is 5.82. The molecule has 0 saturated carbocycles. The highest BCUT2D eigenvalue weighted by Gasteiger charge is 2.31. The van der Waals surface area contributed by atoms with Crippen molar-refractivity contribution in [3.8, 4) is 5.69 Å². The summed E-state index contributed by atoms with van der Waals surface area (Å²) in [4.78, 5) is 39.7. The molecule has 0 radical (unpaired) electrons. The first kappa shape index (κ1) is 22.1. The number of hydrogen-bond donors (Lipinski definition) is 1. The molecule has 0 bridgehead atoms. The van der Waals surface area contributed by atoms with Crippen LogP contribution in [0.4, 0.5) is 10.5 Å². The number of rotatable bonds is 4. The third-order valence-electron chi connectivity index (χ3n) is 5.82. The normalized spacial score (nSPS) is 14.5. The number of para-hydroxylation sites is 1. The maximum atomic E-state index is 13.6. The zero-order valence-corrected chi connectivity index (χ0v) is 18.7. The number of ether oxygens (including phenoxy) is 2. The Bertz CT molecular complexity index is 1220. The molecule has 170 valence electrons. The van der Waals surface area contributed by atoms with E-state index in [1.807, 2.05) is 49.5 Å². The second-order valence-corrected chi connectivity index (χ2v) is 7.66. The molecule has 1 atom stereocenters. The number of carbonyl (C=O) groups excluding carboxylic acids is 3. The van der Waals surface area contributed by atoms with Gasteiger partial charge in [0.2, 0.25) is 0 Å². The molecular formula is C25H25N3O5. The lowest BCUT2D eigenvalue weighted by Gasteiger charge is -2.30. The number of anilines is 1. The lowest BCUT2D eigenvalue weighted by atomic mass is 10.1. The molecule has 2 heterocycles. The van der Waals surface area contributed by atoms with Crippen LogP contribution >= 0.6 is 0 Å². The molecule has 33 heavy (non-hydrogen) atoms. The van der Waals surface area contributed by atoms with Crippen molar-refractivity contribution in [2.75, 3.05) is 19.5 Å². The summed E-state index contributed by atoms with van der Waals surface area (Å²) in [6.07, 6.45) is 2.69. The summed E-state index contributed by atoms with van der Waals surface area (Å²) in [6.45, 7) is 2.41. The first-order chi connectivity index (χ1) is 16.0. The molecule has 0 spiro atoms. The molecule has 0 fully saturated rings. The first-order valence-corrected chi connectivity index (χ1v) is 10.6. The average molecular weight is 447 g/mol. The summed E-state index contributed by atoms with van der Waals surface area (Å²) in [5.74, 6) is -1.20. The fourth-order valence-electron chi connectivity index (χ4n) is 4.23. The van der Waals surface area contributed by atoms with Crippen molar-refractivity contribution < 1.29 is 23.9 Å². The standard InChI is InChI=1S/C25H25N3O5/c1-4-20-22-10-7-13-27(22)21-9-6-5-8-17(21)15-28(20)25(31)26-19-14-16(23(29)32-2)11-12-18(19)24(30)33-3/h5-14,20H,4,15H2,1-3H3,(H,26,31)/t20-/m1/s1. The Labute approximate surface area is 191 Å². The van der Waals surface area contributed by atoms with E-state index in [2.05, 4.69) is 9.88 Å². The minimum Gasteiger partial charge on any atom is -0.465 e. The van der Waals surface area contributed by atoms with E-state index in [1.54, 1.807) is 4.90 Å². The second kappa shape index (κ2) is 9.20. The van der Waals surface area contributed by atoms with Gasteiger partial charge in [-0.15, -0.1) is 0 Å². The Morgan fingerprint density at radius 2 is 1.76 bits per heavy atom. The average Bonchev–Trinajstić information content (AvgIpc) is 3.27. The molecule has 8 heteroatoms. The number of methoxy groups -OCH3 is 2. The summed E-state index contributed by atoms with van der Waals surface area (Å²) >= 11 is 0. The number of urea groups is 1. The van der Waals surface area contributed by atoms with E-state index in [4.69, 9.17) is 9.47 Å². The van der Waals surface area contributed by atoms with Crippen LogP contribution in [0.2, 0.25) is 0 Å². The van der Waals surface area contributed by atoms with Crippen molar-refractivity contribution in [3.63, 3.8) is 0 Å². The van der Waals surface area contributed by atoms with Gasteiger partial charge in [0, 0.05) is 11.9 Å². The number of esters is 2. The number of nitrogens with zero attached hydrogens (tertiary/aromatic N) is 2. The van der Waals surface area contributed by atoms with Gasteiger partial charge >= 0.3 is 18.0 Å². The molecule has 1 N–H and O–H groups in total. The van der Waals surface area contributed by atoms with E-state index in [1.165, 1.54) is 32.4 Å². The predicted molar refractivity (Wildman–Crippen MR) is 122 cm³/mol. The number of nitrogens with one attached hydrogen (secondary N) is 1. The zero-order valence-electron chi connectivity index (χ0n) is 18.7.